The molecule has 37 heavy (non-hydrogen) atoms. The van der Waals surface area contributed by atoms with E-state index < -0.39 is 40.7 Å². The number of amides is 2. The van der Waals surface area contributed by atoms with Crippen molar-refractivity contribution in [1.82, 2.24) is 4.90 Å². The van der Waals surface area contributed by atoms with Crippen LogP contribution >= 0.6 is 0 Å². The fourth-order valence-corrected chi connectivity index (χ4v) is 5.78. The highest BCUT2D eigenvalue weighted by atomic mass is 16.6. The van der Waals surface area contributed by atoms with Gasteiger partial charge in [-0.05, 0) is 47.5 Å². The Kier molecular flexibility index (Phi) is 5.15. The van der Waals surface area contributed by atoms with Crippen LogP contribution in [0.4, 0.5) is 11.4 Å². The minimum Gasteiger partial charge on any atom is -0.497 e. The molecule has 0 unspecified atom stereocenters. The molecule has 0 aromatic heterocycles. The van der Waals surface area contributed by atoms with Gasteiger partial charge < -0.3 is 9.64 Å². The lowest BCUT2D eigenvalue weighted by molar-refractivity contribution is -0.384. The van der Waals surface area contributed by atoms with E-state index in [1.54, 1.807) is 30.5 Å². The van der Waals surface area contributed by atoms with Crippen LogP contribution in [0.2, 0.25) is 0 Å². The van der Waals surface area contributed by atoms with Gasteiger partial charge in [0.1, 0.15) is 11.8 Å². The molecule has 0 N–H and O–H groups in total. The average Bonchev–Trinajstić information content (AvgIpc) is 3.40. The molecule has 0 radical (unpaired) electrons. The molecule has 9 nitrogen and oxygen atoms in total. The summed E-state index contributed by atoms with van der Waals surface area (Å²) in [4.78, 5) is 55.3. The maximum absolute atomic E-state index is 13.9. The first kappa shape index (κ1) is 22.7. The summed E-state index contributed by atoms with van der Waals surface area (Å²) in [5.41, 5.74) is 2.06. The van der Waals surface area contributed by atoms with Gasteiger partial charge in [0.05, 0.1) is 35.6 Å². The smallest absolute Gasteiger partial charge is 0.271 e. The SMILES string of the molecule is COc1ccc(C(=O)[C@H]2[C@@H]3C(=O)N(c4cccc([N+](=O)[O-])c4)C(=O)[C@@H]3[C@H]3c4ccccc4C=CN32)cc1. The minimum absolute atomic E-state index is 0.125. The molecule has 0 aliphatic carbocycles. The molecule has 2 saturated heterocycles. The van der Waals surface area contributed by atoms with Crippen LogP contribution in [-0.4, -0.2) is 40.6 Å². The molecule has 0 bridgehead atoms. The fraction of sp³-hybridized carbons (Fsp3) is 0.179. The van der Waals surface area contributed by atoms with Crippen LogP contribution in [0.15, 0.2) is 79.0 Å². The number of nitro groups is 1. The van der Waals surface area contributed by atoms with Crippen LogP contribution < -0.4 is 9.64 Å². The summed E-state index contributed by atoms with van der Waals surface area (Å²) in [5.74, 6) is -2.49. The van der Waals surface area contributed by atoms with Crippen LogP contribution in [0, 0.1) is 22.0 Å². The molecule has 184 valence electrons. The van der Waals surface area contributed by atoms with E-state index in [0.29, 0.717) is 11.3 Å². The number of imide groups is 1. The van der Waals surface area contributed by atoms with E-state index in [4.69, 9.17) is 4.74 Å². The minimum atomic E-state index is -0.956. The zero-order valence-corrected chi connectivity index (χ0v) is 19.7. The maximum atomic E-state index is 13.9. The van der Waals surface area contributed by atoms with E-state index in [1.165, 1.54) is 31.4 Å². The number of benzene rings is 3. The van der Waals surface area contributed by atoms with Gasteiger partial charge in [-0.15, -0.1) is 0 Å². The topological polar surface area (TPSA) is 110 Å². The number of non-ortho nitro benzene ring substituents is 1. The van der Waals surface area contributed by atoms with Crippen LogP contribution in [0.1, 0.15) is 27.5 Å². The van der Waals surface area contributed by atoms with Gasteiger partial charge in [-0.1, -0.05) is 30.3 Å². The number of rotatable bonds is 5. The molecule has 0 saturated carbocycles. The van der Waals surface area contributed by atoms with Crippen molar-refractivity contribution in [3.05, 3.63) is 106 Å². The molecule has 0 spiro atoms. The molecule has 2 amide bonds. The summed E-state index contributed by atoms with van der Waals surface area (Å²) in [6.07, 6.45) is 3.67. The molecule has 2 fully saturated rings. The van der Waals surface area contributed by atoms with Crippen molar-refractivity contribution in [1.29, 1.82) is 0 Å². The average molecular weight is 495 g/mol. The monoisotopic (exact) mass is 495 g/mol. The summed E-state index contributed by atoms with van der Waals surface area (Å²) in [6, 6.07) is 18.2. The third-order valence-electron chi connectivity index (χ3n) is 7.40. The Morgan fingerprint density at radius 2 is 1.68 bits per heavy atom. The molecule has 4 atom stereocenters. The normalized spacial score (nSPS) is 23.5. The Morgan fingerprint density at radius 1 is 0.946 bits per heavy atom. The number of Topliss-reactive ketones (excluding diaryl/α,β-unsaturated/α-hetero) is 1. The molecule has 9 heteroatoms. The Balaban J connectivity index is 1.47. The number of ether oxygens (including phenoxy) is 1. The second-order valence-corrected chi connectivity index (χ2v) is 9.21. The van der Waals surface area contributed by atoms with Gasteiger partial charge in [0.15, 0.2) is 5.78 Å². The lowest BCUT2D eigenvalue weighted by atomic mass is 9.83. The van der Waals surface area contributed by atoms with Gasteiger partial charge >= 0.3 is 0 Å². The number of ketones is 1. The maximum Gasteiger partial charge on any atom is 0.271 e. The van der Waals surface area contributed by atoms with Crippen molar-refractivity contribution >= 4 is 35.0 Å². The van der Waals surface area contributed by atoms with Crippen LogP contribution in [-0.2, 0) is 9.59 Å². The zero-order valence-electron chi connectivity index (χ0n) is 19.7. The number of fused-ring (bicyclic) bond motifs is 5. The zero-order chi connectivity index (χ0) is 25.8. The summed E-state index contributed by atoms with van der Waals surface area (Å²) in [6.45, 7) is 0. The Bertz CT molecular complexity index is 1500. The van der Waals surface area contributed by atoms with Crippen molar-refractivity contribution in [2.75, 3.05) is 12.0 Å². The van der Waals surface area contributed by atoms with Gasteiger partial charge in [0.2, 0.25) is 11.8 Å². The molecule has 6 rings (SSSR count). The van der Waals surface area contributed by atoms with Gasteiger partial charge in [0, 0.05) is 23.9 Å². The Labute approximate surface area is 211 Å². The van der Waals surface area contributed by atoms with E-state index in [9.17, 15) is 24.5 Å². The summed E-state index contributed by atoms with van der Waals surface area (Å²) < 4.78 is 5.20. The van der Waals surface area contributed by atoms with Crippen molar-refractivity contribution in [3.63, 3.8) is 0 Å². The first-order valence-electron chi connectivity index (χ1n) is 11.8. The van der Waals surface area contributed by atoms with E-state index in [2.05, 4.69) is 0 Å². The second-order valence-electron chi connectivity index (χ2n) is 9.21. The molecule has 3 aliphatic heterocycles. The first-order valence-corrected chi connectivity index (χ1v) is 11.8. The van der Waals surface area contributed by atoms with Crippen LogP contribution in [0.5, 0.6) is 5.75 Å². The summed E-state index contributed by atoms with van der Waals surface area (Å²) in [5, 5.41) is 11.3. The number of carbonyl (C=O) groups excluding carboxylic acids is 3. The first-order chi connectivity index (χ1) is 17.9. The fourth-order valence-electron chi connectivity index (χ4n) is 5.78. The van der Waals surface area contributed by atoms with Gasteiger partial charge in [-0.2, -0.15) is 0 Å². The van der Waals surface area contributed by atoms with Gasteiger partial charge in [-0.3, -0.25) is 24.5 Å². The predicted octanol–water partition coefficient (Wildman–Crippen LogP) is 4.00. The Morgan fingerprint density at radius 3 is 2.41 bits per heavy atom. The number of hydrogen-bond donors (Lipinski definition) is 0. The number of hydrogen-bond acceptors (Lipinski definition) is 7. The number of methoxy groups -OCH3 is 1. The molecule has 3 heterocycles. The van der Waals surface area contributed by atoms with Crippen molar-refractivity contribution < 1.29 is 24.0 Å². The van der Waals surface area contributed by atoms with Crippen molar-refractivity contribution in [2.24, 2.45) is 11.8 Å². The van der Waals surface area contributed by atoms with Gasteiger partial charge in [0.25, 0.3) is 5.69 Å². The highest BCUT2D eigenvalue weighted by Gasteiger charge is 2.64. The highest BCUT2D eigenvalue weighted by molar-refractivity contribution is 6.24. The molecule has 3 aromatic rings. The number of nitrogens with zero attached hydrogens (tertiary/aromatic N) is 3. The Hall–Kier alpha value is -4.79. The largest absolute Gasteiger partial charge is 0.497 e. The van der Waals surface area contributed by atoms with E-state index in [1.807, 2.05) is 35.2 Å². The predicted molar refractivity (Wildman–Crippen MR) is 134 cm³/mol. The number of carbonyl (C=O) groups is 3. The molecule has 3 aromatic carbocycles. The molecule has 3 aliphatic rings. The third-order valence-corrected chi connectivity index (χ3v) is 7.40. The number of anilines is 1. The highest BCUT2D eigenvalue weighted by Crippen LogP contribution is 2.53. The molecular formula is C28H21N3O6. The standard InChI is InChI=1S/C28H21N3O6/c1-37-20-11-9-17(10-12-20)26(32)25-23-22(24-21-8-3-2-5-16(21)13-14-29(24)25)27(33)30(28(23)34)18-6-4-7-19(15-18)31(35)36/h2-15,22-25H,1H3/t22-,23+,24+,25+/m0/s1. The summed E-state index contributed by atoms with van der Waals surface area (Å²) >= 11 is 0. The van der Waals surface area contributed by atoms with Crippen molar-refractivity contribution in [3.8, 4) is 5.75 Å². The van der Waals surface area contributed by atoms with E-state index >= 15 is 0 Å². The second kappa shape index (κ2) is 8.41. The van der Waals surface area contributed by atoms with Crippen LogP contribution in [0.25, 0.3) is 6.08 Å². The lowest BCUT2D eigenvalue weighted by Gasteiger charge is -2.35. The summed E-state index contributed by atoms with van der Waals surface area (Å²) in [7, 11) is 1.53. The van der Waals surface area contributed by atoms with E-state index in [0.717, 1.165) is 16.0 Å². The van der Waals surface area contributed by atoms with E-state index in [-0.39, 0.29) is 17.2 Å². The quantitative estimate of drug-likeness (QED) is 0.228. The van der Waals surface area contributed by atoms with Gasteiger partial charge in [-0.25, -0.2) is 4.90 Å². The van der Waals surface area contributed by atoms with Crippen LogP contribution in [0.3, 0.4) is 0 Å². The molecular weight excluding hydrogens is 474 g/mol. The van der Waals surface area contributed by atoms with Crippen molar-refractivity contribution in [2.45, 2.75) is 12.1 Å². The third kappa shape index (κ3) is 3.35. The number of nitro benzene ring substituents is 1. The lowest BCUT2D eigenvalue weighted by Crippen LogP contribution is -2.44.